The first-order chi connectivity index (χ1) is 8.13. The molecule has 0 aromatic heterocycles. The number of hydrogen-bond donors (Lipinski definition) is 1. The van der Waals surface area contributed by atoms with Crippen LogP contribution in [0.15, 0.2) is 29.8 Å². The Bertz CT molecular complexity index is 388. The average molecular weight is 256 g/mol. The van der Waals surface area contributed by atoms with Gasteiger partial charge in [0.15, 0.2) is 0 Å². The van der Waals surface area contributed by atoms with E-state index in [-0.39, 0.29) is 5.82 Å². The number of nitrogens with one attached hydrogen (secondary N) is 1. The second kappa shape index (κ2) is 7.46. The summed E-state index contributed by atoms with van der Waals surface area (Å²) in [5.74, 6) is -0.285. The van der Waals surface area contributed by atoms with Gasteiger partial charge in [-0.15, -0.1) is 0 Å². The van der Waals surface area contributed by atoms with Gasteiger partial charge in [-0.25, -0.2) is 4.39 Å². The third-order valence-electron chi connectivity index (χ3n) is 2.55. The summed E-state index contributed by atoms with van der Waals surface area (Å²) in [6.45, 7) is 6.15. The second-order valence-electron chi connectivity index (χ2n) is 4.11. The maximum atomic E-state index is 12.9. The van der Waals surface area contributed by atoms with Gasteiger partial charge in [-0.05, 0) is 50.6 Å². The molecule has 0 aliphatic heterocycles. The molecule has 0 aliphatic carbocycles. The molecule has 0 spiro atoms. The van der Waals surface area contributed by atoms with Crippen LogP contribution in [-0.2, 0) is 6.42 Å². The van der Waals surface area contributed by atoms with Crippen molar-refractivity contribution in [1.29, 1.82) is 0 Å². The van der Waals surface area contributed by atoms with E-state index < -0.39 is 0 Å². The summed E-state index contributed by atoms with van der Waals surface area (Å²) in [6.07, 6.45) is 3.99. The summed E-state index contributed by atoms with van der Waals surface area (Å²) in [7, 11) is 0. The quantitative estimate of drug-likeness (QED) is 0.599. The van der Waals surface area contributed by atoms with Crippen LogP contribution in [0.4, 0.5) is 4.39 Å². The van der Waals surface area contributed by atoms with Gasteiger partial charge in [0.1, 0.15) is 5.82 Å². The van der Waals surface area contributed by atoms with Crippen molar-refractivity contribution in [2.45, 2.75) is 26.7 Å². The molecule has 0 atom stereocenters. The Morgan fingerprint density at radius 2 is 2.24 bits per heavy atom. The molecule has 0 unspecified atom stereocenters. The fraction of sp³-hybridized carbons (Fsp3) is 0.429. The molecule has 0 saturated carbocycles. The second-order valence-corrected chi connectivity index (χ2v) is 4.51. The number of allylic oxidation sites excluding steroid dienone is 1. The highest BCUT2D eigenvalue weighted by Gasteiger charge is 2.02. The SMILES string of the molecule is CCNCC/C=C(/C)Cc1ccc(F)cc1Cl. The highest BCUT2D eigenvalue weighted by Crippen LogP contribution is 2.20. The van der Waals surface area contributed by atoms with Gasteiger partial charge in [-0.1, -0.05) is 36.2 Å². The summed E-state index contributed by atoms with van der Waals surface area (Å²) in [5.41, 5.74) is 2.24. The maximum absolute atomic E-state index is 12.9. The van der Waals surface area contributed by atoms with Crippen LogP contribution < -0.4 is 5.32 Å². The molecule has 0 saturated heterocycles. The summed E-state index contributed by atoms with van der Waals surface area (Å²) >= 11 is 5.98. The topological polar surface area (TPSA) is 12.0 Å². The molecule has 3 heteroatoms. The van der Waals surface area contributed by atoms with Crippen molar-refractivity contribution in [2.75, 3.05) is 13.1 Å². The molecule has 0 bridgehead atoms. The summed E-state index contributed by atoms with van der Waals surface area (Å²) in [5, 5.41) is 3.77. The normalized spacial score (nSPS) is 11.9. The highest BCUT2D eigenvalue weighted by atomic mass is 35.5. The lowest BCUT2D eigenvalue weighted by molar-refractivity contribution is 0.627. The molecule has 0 heterocycles. The molecule has 0 aliphatic rings. The fourth-order valence-corrected chi connectivity index (χ4v) is 1.87. The first kappa shape index (κ1) is 14.2. The van der Waals surface area contributed by atoms with E-state index in [0.29, 0.717) is 5.02 Å². The minimum atomic E-state index is -0.285. The number of halogens is 2. The summed E-state index contributed by atoms with van der Waals surface area (Å²) in [4.78, 5) is 0. The minimum Gasteiger partial charge on any atom is -0.317 e. The molecule has 1 aromatic carbocycles. The zero-order valence-corrected chi connectivity index (χ0v) is 11.1. The molecule has 17 heavy (non-hydrogen) atoms. The van der Waals surface area contributed by atoms with E-state index in [9.17, 15) is 4.39 Å². The van der Waals surface area contributed by atoms with E-state index in [4.69, 9.17) is 11.6 Å². The third kappa shape index (κ3) is 5.33. The van der Waals surface area contributed by atoms with E-state index in [1.54, 1.807) is 6.07 Å². The van der Waals surface area contributed by atoms with Crippen molar-refractivity contribution in [3.63, 3.8) is 0 Å². The van der Waals surface area contributed by atoms with E-state index in [1.807, 2.05) is 0 Å². The molecular weight excluding hydrogens is 237 g/mol. The molecule has 1 rings (SSSR count). The van der Waals surface area contributed by atoms with Gasteiger partial charge in [-0.2, -0.15) is 0 Å². The predicted octanol–water partition coefficient (Wildman–Crippen LogP) is 3.97. The Morgan fingerprint density at radius 1 is 1.47 bits per heavy atom. The van der Waals surface area contributed by atoms with Gasteiger partial charge in [0.2, 0.25) is 0 Å². The van der Waals surface area contributed by atoms with E-state index in [0.717, 1.165) is 31.5 Å². The Kier molecular flexibility index (Phi) is 6.23. The lowest BCUT2D eigenvalue weighted by Gasteiger charge is -2.05. The maximum Gasteiger partial charge on any atom is 0.124 e. The lowest BCUT2D eigenvalue weighted by Crippen LogP contribution is -2.13. The highest BCUT2D eigenvalue weighted by molar-refractivity contribution is 6.31. The molecule has 1 N–H and O–H groups in total. The van der Waals surface area contributed by atoms with Crippen LogP contribution in [0.2, 0.25) is 5.02 Å². The van der Waals surface area contributed by atoms with Crippen LogP contribution in [0.5, 0.6) is 0 Å². The molecule has 0 amide bonds. The van der Waals surface area contributed by atoms with E-state index in [2.05, 4.69) is 25.2 Å². The third-order valence-corrected chi connectivity index (χ3v) is 2.90. The summed E-state index contributed by atoms with van der Waals surface area (Å²) in [6, 6.07) is 4.56. The van der Waals surface area contributed by atoms with Crippen LogP contribution in [0.1, 0.15) is 25.8 Å². The van der Waals surface area contributed by atoms with Crippen molar-refractivity contribution >= 4 is 11.6 Å². The van der Waals surface area contributed by atoms with Gasteiger partial charge in [0.05, 0.1) is 0 Å². The van der Waals surface area contributed by atoms with Gasteiger partial charge in [-0.3, -0.25) is 0 Å². The van der Waals surface area contributed by atoms with Crippen LogP contribution in [-0.4, -0.2) is 13.1 Å². The average Bonchev–Trinajstić information content (AvgIpc) is 2.28. The van der Waals surface area contributed by atoms with Crippen molar-refractivity contribution in [3.05, 3.63) is 46.3 Å². The zero-order chi connectivity index (χ0) is 12.7. The first-order valence-electron chi connectivity index (χ1n) is 5.93. The monoisotopic (exact) mass is 255 g/mol. The van der Waals surface area contributed by atoms with Crippen LogP contribution in [0.3, 0.4) is 0 Å². The molecule has 94 valence electrons. The van der Waals surface area contributed by atoms with Crippen LogP contribution in [0, 0.1) is 5.82 Å². The van der Waals surface area contributed by atoms with E-state index in [1.165, 1.54) is 17.7 Å². The predicted molar refractivity (Wildman–Crippen MR) is 72.0 cm³/mol. The lowest BCUT2D eigenvalue weighted by atomic mass is 10.1. The van der Waals surface area contributed by atoms with Crippen molar-refractivity contribution < 1.29 is 4.39 Å². The van der Waals surface area contributed by atoms with Crippen LogP contribution in [0.25, 0.3) is 0 Å². The molecular formula is C14H19ClFN. The standard InChI is InChI=1S/C14H19ClFN/c1-3-17-8-4-5-11(2)9-12-6-7-13(16)10-14(12)15/h5-7,10,17H,3-4,8-9H2,1-2H3/b11-5-. The summed E-state index contributed by atoms with van der Waals surface area (Å²) < 4.78 is 12.9. The van der Waals surface area contributed by atoms with Gasteiger partial charge >= 0.3 is 0 Å². The van der Waals surface area contributed by atoms with Crippen molar-refractivity contribution in [2.24, 2.45) is 0 Å². The smallest absolute Gasteiger partial charge is 0.124 e. The molecule has 1 nitrogen and oxygen atoms in total. The molecule has 0 fully saturated rings. The van der Waals surface area contributed by atoms with E-state index >= 15 is 0 Å². The number of benzene rings is 1. The fourth-order valence-electron chi connectivity index (χ4n) is 1.64. The first-order valence-corrected chi connectivity index (χ1v) is 6.31. The molecule has 0 radical (unpaired) electrons. The zero-order valence-electron chi connectivity index (χ0n) is 10.4. The van der Waals surface area contributed by atoms with Gasteiger partial charge < -0.3 is 5.32 Å². The number of hydrogen-bond acceptors (Lipinski definition) is 1. The Morgan fingerprint density at radius 3 is 2.88 bits per heavy atom. The van der Waals surface area contributed by atoms with Crippen LogP contribution >= 0.6 is 11.6 Å². The van der Waals surface area contributed by atoms with Gasteiger partial charge in [0, 0.05) is 5.02 Å². The van der Waals surface area contributed by atoms with Gasteiger partial charge in [0.25, 0.3) is 0 Å². The molecule has 1 aromatic rings. The Labute approximate surface area is 108 Å². The Hall–Kier alpha value is -0.860. The van der Waals surface area contributed by atoms with Crippen molar-refractivity contribution in [3.8, 4) is 0 Å². The van der Waals surface area contributed by atoms with Crippen molar-refractivity contribution in [1.82, 2.24) is 5.32 Å². The minimum absolute atomic E-state index is 0.285. The Balaban J connectivity index is 2.52. The number of rotatable bonds is 6. The largest absolute Gasteiger partial charge is 0.317 e.